The first kappa shape index (κ1) is 38.4. The van der Waals surface area contributed by atoms with E-state index in [-0.39, 0.29) is 0 Å². The van der Waals surface area contributed by atoms with Gasteiger partial charge in [0.1, 0.15) is 11.2 Å². The Morgan fingerprint density at radius 2 is 0.829 bits per heavy atom. The molecular weight excluding hydrogens is 891 g/mol. The lowest BCUT2D eigenvalue weighted by molar-refractivity contribution is 0.669. The number of nitrogens with zero attached hydrogens (tertiary/aromatic N) is 3. The van der Waals surface area contributed by atoms with Crippen LogP contribution in [0.5, 0.6) is 0 Å². The van der Waals surface area contributed by atoms with E-state index in [1.54, 1.807) is 22.7 Å². The quantitative estimate of drug-likeness (QED) is 0.176. The third-order valence-corrected chi connectivity index (χ3v) is 17.3. The minimum absolute atomic E-state index is 0.486. The number of benzene rings is 10. The van der Waals surface area contributed by atoms with Gasteiger partial charge < -0.3 is 4.42 Å². The zero-order valence-electron chi connectivity index (χ0n) is 37.3. The first-order valence-electron chi connectivity index (χ1n) is 23.7. The van der Waals surface area contributed by atoms with E-state index < -0.39 is 5.41 Å². The fourth-order valence-electron chi connectivity index (χ4n) is 12.2. The minimum Gasteiger partial charge on any atom is -0.456 e. The van der Waals surface area contributed by atoms with Gasteiger partial charge in [-0.05, 0) is 98.1 Å². The van der Waals surface area contributed by atoms with E-state index in [1.165, 1.54) is 80.3 Å². The van der Waals surface area contributed by atoms with Gasteiger partial charge in [-0.25, -0.2) is 15.0 Å². The first-order valence-corrected chi connectivity index (χ1v) is 25.3. The van der Waals surface area contributed by atoms with Gasteiger partial charge in [-0.1, -0.05) is 170 Å². The number of furan rings is 1. The summed E-state index contributed by atoms with van der Waals surface area (Å²) in [5.74, 6) is 1.88. The fraction of sp³-hybridized carbons (Fsp3) is 0.0156. The van der Waals surface area contributed by atoms with Crippen LogP contribution in [0.25, 0.3) is 130 Å². The van der Waals surface area contributed by atoms with Gasteiger partial charge >= 0.3 is 0 Å². The molecule has 14 aromatic rings. The molecular formula is C64H35N3OS2. The Kier molecular flexibility index (Phi) is 7.82. The largest absolute Gasteiger partial charge is 0.456 e. The lowest BCUT2D eigenvalue weighted by atomic mass is 9.68. The molecule has 0 radical (unpaired) electrons. The number of hydrogen-bond acceptors (Lipinski definition) is 6. The monoisotopic (exact) mass is 925 g/mol. The van der Waals surface area contributed by atoms with E-state index in [2.05, 4.69) is 212 Å². The molecule has 2 aliphatic rings. The summed E-state index contributed by atoms with van der Waals surface area (Å²) in [6.07, 6.45) is 0. The molecule has 16 rings (SSSR count). The Morgan fingerprint density at radius 1 is 0.329 bits per heavy atom. The average Bonchev–Trinajstić information content (AvgIpc) is 4.24. The van der Waals surface area contributed by atoms with E-state index in [1.807, 2.05) is 0 Å². The van der Waals surface area contributed by atoms with Crippen molar-refractivity contribution in [2.75, 3.05) is 0 Å². The van der Waals surface area contributed by atoms with E-state index in [9.17, 15) is 0 Å². The average molecular weight is 926 g/mol. The molecule has 4 aromatic heterocycles. The standard InChI is InChI=1S/C64H35N3OS2/c1-6-26-49-38(15-1)39-16-2-7-27-50(39)64(49)51-28-8-3-17-40(51)42-21-11-20-37(59(42)64)36-33-34-52-48(35-36)57-45(23-13-29-53(57)68-52)61-65-62(46-24-14-32-56-58(46)44-19-5-10-31-55(44)69-56)67-63(66-61)47-25-12-22-43-41-18-4-9-30-54(41)70-60(43)47/h1-35H. The summed E-state index contributed by atoms with van der Waals surface area (Å²) in [5.41, 5.74) is 16.7. The molecule has 0 aliphatic heterocycles. The molecule has 2 aliphatic carbocycles. The van der Waals surface area contributed by atoms with Crippen molar-refractivity contribution < 1.29 is 4.42 Å². The smallest absolute Gasteiger partial charge is 0.165 e. The molecule has 6 heteroatoms. The Morgan fingerprint density at radius 3 is 1.57 bits per heavy atom. The predicted molar refractivity (Wildman–Crippen MR) is 291 cm³/mol. The second kappa shape index (κ2) is 14.2. The molecule has 0 fully saturated rings. The molecule has 70 heavy (non-hydrogen) atoms. The van der Waals surface area contributed by atoms with Gasteiger partial charge in [0, 0.05) is 67.8 Å². The topological polar surface area (TPSA) is 51.8 Å². The van der Waals surface area contributed by atoms with Crippen LogP contribution in [0.15, 0.2) is 217 Å². The van der Waals surface area contributed by atoms with Crippen LogP contribution in [0.2, 0.25) is 0 Å². The molecule has 0 saturated carbocycles. The molecule has 0 atom stereocenters. The lowest BCUT2D eigenvalue weighted by Crippen LogP contribution is -2.26. The number of aromatic nitrogens is 3. The summed E-state index contributed by atoms with van der Waals surface area (Å²) < 4.78 is 11.6. The van der Waals surface area contributed by atoms with Crippen molar-refractivity contribution in [1.82, 2.24) is 15.0 Å². The van der Waals surface area contributed by atoms with Gasteiger partial charge in [0.15, 0.2) is 17.5 Å². The van der Waals surface area contributed by atoms with Crippen molar-refractivity contribution in [3.05, 3.63) is 235 Å². The van der Waals surface area contributed by atoms with Gasteiger partial charge in [0.05, 0.1) is 5.41 Å². The molecule has 10 aromatic carbocycles. The van der Waals surface area contributed by atoms with E-state index >= 15 is 0 Å². The zero-order valence-corrected chi connectivity index (χ0v) is 38.9. The van der Waals surface area contributed by atoms with Crippen LogP contribution < -0.4 is 0 Å². The summed E-state index contributed by atoms with van der Waals surface area (Å²) in [6, 6.07) is 77.1. The van der Waals surface area contributed by atoms with Crippen molar-refractivity contribution >= 4 is 85.0 Å². The number of fused-ring (bicyclic) bond motifs is 19. The van der Waals surface area contributed by atoms with Gasteiger partial charge in [-0.2, -0.15) is 0 Å². The highest BCUT2D eigenvalue weighted by Gasteiger charge is 2.52. The number of rotatable bonds is 4. The minimum atomic E-state index is -0.486. The second-order valence-corrected chi connectivity index (χ2v) is 20.6. The van der Waals surface area contributed by atoms with Crippen LogP contribution in [-0.2, 0) is 5.41 Å². The Labute approximate surface area is 409 Å². The Balaban J connectivity index is 0.950. The highest BCUT2D eigenvalue weighted by molar-refractivity contribution is 7.26. The third kappa shape index (κ3) is 5.11. The van der Waals surface area contributed by atoms with Crippen LogP contribution in [-0.4, -0.2) is 15.0 Å². The molecule has 4 nitrogen and oxygen atoms in total. The van der Waals surface area contributed by atoms with Crippen LogP contribution in [0.4, 0.5) is 0 Å². The van der Waals surface area contributed by atoms with E-state index in [4.69, 9.17) is 19.4 Å². The van der Waals surface area contributed by atoms with Crippen LogP contribution in [0, 0.1) is 0 Å². The molecule has 4 heterocycles. The normalized spacial score (nSPS) is 13.3. The maximum atomic E-state index is 6.78. The Hall–Kier alpha value is -8.55. The first-order chi connectivity index (χ1) is 34.7. The van der Waals surface area contributed by atoms with Crippen LogP contribution >= 0.6 is 22.7 Å². The number of thiophene rings is 2. The summed E-state index contributed by atoms with van der Waals surface area (Å²) in [5, 5.41) is 6.78. The van der Waals surface area contributed by atoms with Gasteiger partial charge in [-0.15, -0.1) is 22.7 Å². The van der Waals surface area contributed by atoms with Crippen molar-refractivity contribution in [3.63, 3.8) is 0 Å². The summed E-state index contributed by atoms with van der Waals surface area (Å²) in [4.78, 5) is 16.4. The summed E-state index contributed by atoms with van der Waals surface area (Å²) >= 11 is 3.59. The molecule has 0 N–H and O–H groups in total. The predicted octanol–water partition coefficient (Wildman–Crippen LogP) is 17.5. The van der Waals surface area contributed by atoms with Gasteiger partial charge in [-0.3, -0.25) is 0 Å². The van der Waals surface area contributed by atoms with Crippen LogP contribution in [0.1, 0.15) is 22.3 Å². The van der Waals surface area contributed by atoms with Crippen molar-refractivity contribution in [3.8, 4) is 67.5 Å². The summed E-state index contributed by atoms with van der Waals surface area (Å²) in [6.45, 7) is 0. The molecule has 1 spiro atoms. The SMILES string of the molecule is c1ccc2c(c1)-c1ccccc1C21c2ccccc2-c2cccc(-c3ccc4oc5cccc(-c6nc(-c7cccc8c7sc7ccccc78)nc(-c7cccc8sc9ccccc9c78)n6)c5c4c3)c21. The Bertz CT molecular complexity index is 4510. The van der Waals surface area contributed by atoms with E-state index in [0.29, 0.717) is 17.5 Å². The second-order valence-electron chi connectivity index (χ2n) is 18.5. The van der Waals surface area contributed by atoms with Crippen LogP contribution in [0.3, 0.4) is 0 Å². The molecule has 0 unspecified atom stereocenters. The highest BCUT2D eigenvalue weighted by atomic mass is 32.1. The zero-order chi connectivity index (χ0) is 45.7. The maximum Gasteiger partial charge on any atom is 0.165 e. The third-order valence-electron chi connectivity index (χ3n) is 15.0. The van der Waals surface area contributed by atoms with Crippen molar-refractivity contribution in [2.45, 2.75) is 5.41 Å². The lowest BCUT2D eigenvalue weighted by Gasteiger charge is -2.32. The fourth-order valence-corrected chi connectivity index (χ4v) is 14.5. The molecule has 0 saturated heterocycles. The van der Waals surface area contributed by atoms with Crippen molar-refractivity contribution in [2.24, 2.45) is 0 Å². The molecule has 0 bridgehead atoms. The molecule has 324 valence electrons. The van der Waals surface area contributed by atoms with E-state index in [0.717, 1.165) is 54.3 Å². The number of hydrogen-bond donors (Lipinski definition) is 0. The van der Waals surface area contributed by atoms with Gasteiger partial charge in [0.2, 0.25) is 0 Å². The molecule has 0 amide bonds. The summed E-state index contributed by atoms with van der Waals surface area (Å²) in [7, 11) is 0. The maximum absolute atomic E-state index is 6.78. The van der Waals surface area contributed by atoms with Gasteiger partial charge in [0.25, 0.3) is 0 Å². The van der Waals surface area contributed by atoms with Crippen molar-refractivity contribution in [1.29, 1.82) is 0 Å². The highest BCUT2D eigenvalue weighted by Crippen LogP contribution is 2.64.